The number of amides is 1. The highest BCUT2D eigenvalue weighted by Gasteiger charge is 2.13. The molecule has 1 amide bonds. The van der Waals surface area contributed by atoms with Gasteiger partial charge >= 0.3 is 0 Å². The molecule has 0 fully saturated rings. The second-order valence-corrected chi connectivity index (χ2v) is 5.71. The number of halogens is 1. The number of ether oxygens (including phenoxy) is 3. The molecule has 3 rings (SSSR count). The number of anilines is 1. The summed E-state index contributed by atoms with van der Waals surface area (Å²) >= 11 is 6.07. The van der Waals surface area contributed by atoms with Crippen molar-refractivity contribution >= 4 is 23.2 Å². The van der Waals surface area contributed by atoms with Gasteiger partial charge in [0.15, 0.2) is 18.1 Å². The van der Waals surface area contributed by atoms with E-state index in [1.165, 1.54) is 0 Å². The van der Waals surface area contributed by atoms with Crippen LogP contribution < -0.4 is 19.5 Å². The predicted molar refractivity (Wildman–Crippen MR) is 92.4 cm³/mol. The maximum Gasteiger partial charge on any atom is 0.262 e. The molecule has 0 aliphatic carbocycles. The van der Waals surface area contributed by atoms with Gasteiger partial charge in [0.2, 0.25) is 0 Å². The molecular weight excluding hydrogens is 330 g/mol. The lowest BCUT2D eigenvalue weighted by atomic mass is 10.1. The van der Waals surface area contributed by atoms with Crippen LogP contribution in [0.5, 0.6) is 17.2 Å². The van der Waals surface area contributed by atoms with Gasteiger partial charge in [0.05, 0.1) is 0 Å². The minimum absolute atomic E-state index is 0.0841. The molecule has 0 bridgehead atoms. The first-order valence-corrected chi connectivity index (χ1v) is 8.14. The lowest BCUT2D eigenvalue weighted by Gasteiger charge is -2.19. The number of rotatable bonds is 5. The van der Waals surface area contributed by atoms with E-state index in [9.17, 15) is 4.79 Å². The van der Waals surface area contributed by atoms with Crippen LogP contribution in [-0.2, 0) is 11.2 Å². The van der Waals surface area contributed by atoms with Crippen LogP contribution in [-0.4, -0.2) is 25.7 Å². The fraction of sp³-hybridized carbons (Fsp3) is 0.278. The Labute approximate surface area is 145 Å². The largest absolute Gasteiger partial charge is 0.486 e. The Balaban J connectivity index is 1.58. The Morgan fingerprint density at radius 1 is 1.17 bits per heavy atom. The standard InChI is InChI=1S/C18H18ClNO4/c1-2-12-9-14(4-5-15(12)19)24-11-18(21)20-13-3-6-16-17(10-13)23-8-7-22-16/h3-6,9-10H,2,7-8,11H2,1H3,(H,20,21). The van der Waals surface area contributed by atoms with E-state index >= 15 is 0 Å². The third-order valence-corrected chi connectivity index (χ3v) is 3.96. The van der Waals surface area contributed by atoms with Gasteiger partial charge in [-0.3, -0.25) is 4.79 Å². The third kappa shape index (κ3) is 3.92. The van der Waals surface area contributed by atoms with Crippen LogP contribution in [0.1, 0.15) is 12.5 Å². The average Bonchev–Trinajstić information content (AvgIpc) is 2.61. The quantitative estimate of drug-likeness (QED) is 0.896. The maximum atomic E-state index is 12.0. The summed E-state index contributed by atoms with van der Waals surface area (Å²) in [6, 6.07) is 10.7. The summed E-state index contributed by atoms with van der Waals surface area (Å²) in [5.74, 6) is 1.68. The summed E-state index contributed by atoms with van der Waals surface area (Å²) in [6.45, 7) is 2.97. The smallest absolute Gasteiger partial charge is 0.262 e. The molecule has 0 saturated heterocycles. The monoisotopic (exact) mass is 347 g/mol. The molecule has 0 radical (unpaired) electrons. The fourth-order valence-corrected chi connectivity index (χ4v) is 2.63. The number of hydrogen-bond acceptors (Lipinski definition) is 4. The number of aryl methyl sites for hydroxylation is 1. The normalized spacial score (nSPS) is 12.6. The van der Waals surface area contributed by atoms with Crippen molar-refractivity contribution in [1.82, 2.24) is 0 Å². The van der Waals surface area contributed by atoms with Crippen LogP contribution in [0, 0.1) is 0 Å². The molecule has 2 aromatic rings. The van der Waals surface area contributed by atoms with Crippen LogP contribution in [0.2, 0.25) is 5.02 Å². The van der Waals surface area contributed by atoms with Gasteiger partial charge in [-0.1, -0.05) is 18.5 Å². The van der Waals surface area contributed by atoms with E-state index in [2.05, 4.69) is 5.32 Å². The van der Waals surface area contributed by atoms with Gasteiger partial charge in [0, 0.05) is 16.8 Å². The number of hydrogen-bond donors (Lipinski definition) is 1. The summed E-state index contributed by atoms with van der Waals surface area (Å²) in [7, 11) is 0. The number of carbonyl (C=O) groups excluding carboxylic acids is 1. The zero-order chi connectivity index (χ0) is 16.9. The number of benzene rings is 2. The van der Waals surface area contributed by atoms with E-state index in [0.717, 1.165) is 12.0 Å². The van der Waals surface area contributed by atoms with Crippen molar-refractivity contribution in [3.63, 3.8) is 0 Å². The third-order valence-electron chi connectivity index (χ3n) is 3.59. The maximum absolute atomic E-state index is 12.0. The number of nitrogens with one attached hydrogen (secondary N) is 1. The lowest BCUT2D eigenvalue weighted by molar-refractivity contribution is -0.118. The molecule has 0 saturated carbocycles. The molecule has 0 atom stereocenters. The molecule has 0 unspecified atom stereocenters. The van der Waals surface area contributed by atoms with Crippen LogP contribution in [0.25, 0.3) is 0 Å². The van der Waals surface area contributed by atoms with E-state index in [4.69, 9.17) is 25.8 Å². The van der Waals surface area contributed by atoms with Gasteiger partial charge in [0.25, 0.3) is 5.91 Å². The molecule has 1 aliphatic heterocycles. The van der Waals surface area contributed by atoms with E-state index in [0.29, 0.717) is 41.2 Å². The second-order valence-electron chi connectivity index (χ2n) is 5.30. The van der Waals surface area contributed by atoms with Crippen molar-refractivity contribution in [3.8, 4) is 17.2 Å². The summed E-state index contributed by atoms with van der Waals surface area (Å²) in [6.07, 6.45) is 0.805. The molecule has 24 heavy (non-hydrogen) atoms. The zero-order valence-corrected chi connectivity index (χ0v) is 14.1. The van der Waals surface area contributed by atoms with Crippen LogP contribution in [0.15, 0.2) is 36.4 Å². The zero-order valence-electron chi connectivity index (χ0n) is 13.3. The highest BCUT2D eigenvalue weighted by atomic mass is 35.5. The topological polar surface area (TPSA) is 56.8 Å². The minimum atomic E-state index is -0.250. The molecule has 5 nitrogen and oxygen atoms in total. The first kappa shape index (κ1) is 16.5. The Kier molecular flexibility index (Phi) is 5.11. The van der Waals surface area contributed by atoms with E-state index in [-0.39, 0.29) is 12.5 Å². The molecule has 6 heteroatoms. The molecule has 126 valence electrons. The Morgan fingerprint density at radius 3 is 2.75 bits per heavy atom. The van der Waals surface area contributed by atoms with E-state index < -0.39 is 0 Å². The minimum Gasteiger partial charge on any atom is -0.486 e. The van der Waals surface area contributed by atoms with Crippen LogP contribution >= 0.6 is 11.6 Å². The van der Waals surface area contributed by atoms with Gasteiger partial charge in [-0.25, -0.2) is 0 Å². The van der Waals surface area contributed by atoms with Crippen molar-refractivity contribution in [3.05, 3.63) is 47.0 Å². The highest BCUT2D eigenvalue weighted by molar-refractivity contribution is 6.31. The SMILES string of the molecule is CCc1cc(OCC(=O)Nc2ccc3c(c2)OCCO3)ccc1Cl. The van der Waals surface area contributed by atoms with Gasteiger partial charge in [0.1, 0.15) is 19.0 Å². The van der Waals surface area contributed by atoms with Crippen molar-refractivity contribution in [1.29, 1.82) is 0 Å². The summed E-state index contributed by atoms with van der Waals surface area (Å²) in [5.41, 5.74) is 1.62. The Morgan fingerprint density at radius 2 is 1.96 bits per heavy atom. The fourth-order valence-electron chi connectivity index (χ4n) is 2.38. The van der Waals surface area contributed by atoms with Crippen molar-refractivity contribution in [2.75, 3.05) is 25.1 Å². The average molecular weight is 348 g/mol. The first-order valence-electron chi connectivity index (χ1n) is 7.76. The Bertz CT molecular complexity index is 748. The van der Waals surface area contributed by atoms with E-state index in [1.807, 2.05) is 13.0 Å². The molecule has 1 heterocycles. The van der Waals surface area contributed by atoms with Crippen molar-refractivity contribution in [2.24, 2.45) is 0 Å². The molecule has 2 aromatic carbocycles. The van der Waals surface area contributed by atoms with Crippen LogP contribution in [0.3, 0.4) is 0 Å². The van der Waals surface area contributed by atoms with Crippen molar-refractivity contribution < 1.29 is 19.0 Å². The summed E-state index contributed by atoms with van der Waals surface area (Å²) < 4.78 is 16.5. The van der Waals surface area contributed by atoms with Gasteiger partial charge in [-0.15, -0.1) is 0 Å². The molecule has 1 aliphatic rings. The summed E-state index contributed by atoms with van der Waals surface area (Å²) in [5, 5.41) is 3.48. The first-order chi connectivity index (χ1) is 11.7. The molecule has 0 spiro atoms. The lowest BCUT2D eigenvalue weighted by Crippen LogP contribution is -2.20. The molecular formula is C18H18ClNO4. The van der Waals surface area contributed by atoms with Crippen LogP contribution in [0.4, 0.5) is 5.69 Å². The number of fused-ring (bicyclic) bond motifs is 1. The predicted octanol–water partition coefficient (Wildman–Crippen LogP) is 3.69. The van der Waals surface area contributed by atoms with Gasteiger partial charge in [-0.2, -0.15) is 0 Å². The molecule has 0 aromatic heterocycles. The Hall–Kier alpha value is -2.40. The van der Waals surface area contributed by atoms with Gasteiger partial charge < -0.3 is 19.5 Å². The summed E-state index contributed by atoms with van der Waals surface area (Å²) in [4.78, 5) is 12.0. The van der Waals surface area contributed by atoms with Crippen molar-refractivity contribution in [2.45, 2.75) is 13.3 Å². The van der Waals surface area contributed by atoms with E-state index in [1.54, 1.807) is 30.3 Å². The van der Waals surface area contributed by atoms with Gasteiger partial charge in [-0.05, 0) is 42.3 Å². The number of carbonyl (C=O) groups is 1. The molecule has 1 N–H and O–H groups in total. The second kappa shape index (κ2) is 7.45. The highest BCUT2D eigenvalue weighted by Crippen LogP contribution is 2.32.